The summed E-state index contributed by atoms with van der Waals surface area (Å²) >= 11 is 6.02. The molecule has 5 rings (SSSR count). The number of hydrogen-bond acceptors (Lipinski definition) is 6. The number of H-pyrrole nitrogens is 1. The molecule has 0 aliphatic carbocycles. The van der Waals surface area contributed by atoms with E-state index in [1.54, 1.807) is 49.4 Å². The normalized spacial score (nSPS) is 19.0. The van der Waals surface area contributed by atoms with Crippen molar-refractivity contribution >= 4 is 40.3 Å². The van der Waals surface area contributed by atoms with Crippen LogP contribution in [-0.2, 0) is 21.7 Å². The Morgan fingerprint density at radius 2 is 2.03 bits per heavy atom. The monoisotopic (exact) mass is 495 g/mol. The van der Waals surface area contributed by atoms with Crippen molar-refractivity contribution in [2.24, 2.45) is 0 Å². The summed E-state index contributed by atoms with van der Waals surface area (Å²) in [6.45, 7) is 1.86. The summed E-state index contributed by atoms with van der Waals surface area (Å²) in [5.74, 6) is -0.147. The van der Waals surface area contributed by atoms with Crippen molar-refractivity contribution in [1.29, 1.82) is 0 Å². The first-order valence-corrected chi connectivity index (χ1v) is 11.5. The van der Waals surface area contributed by atoms with Crippen molar-refractivity contribution in [2.75, 3.05) is 19.7 Å². The van der Waals surface area contributed by atoms with Gasteiger partial charge in [-0.3, -0.25) is 19.3 Å². The number of carbonyl (C=O) groups is 3. The summed E-state index contributed by atoms with van der Waals surface area (Å²) in [7, 11) is 0. The minimum absolute atomic E-state index is 0.00150. The Kier molecular flexibility index (Phi) is 5.68. The highest BCUT2D eigenvalue weighted by Gasteiger charge is 2.55. The smallest absolute Gasteiger partial charge is 0.325 e. The number of rotatable bonds is 5. The molecule has 4 amide bonds. The van der Waals surface area contributed by atoms with Crippen molar-refractivity contribution in [2.45, 2.75) is 25.4 Å². The number of hydrogen-bond donors (Lipinski definition) is 2. The molecule has 1 saturated heterocycles. The van der Waals surface area contributed by atoms with Crippen LogP contribution >= 0.6 is 11.6 Å². The second-order valence-corrected chi connectivity index (χ2v) is 8.84. The Balaban J connectivity index is 1.36. The molecule has 1 aromatic heterocycles. The average Bonchev–Trinajstić information content (AvgIpc) is 3.07. The highest BCUT2D eigenvalue weighted by Crippen LogP contribution is 2.40. The maximum Gasteiger partial charge on any atom is 0.325 e. The Morgan fingerprint density at radius 3 is 2.83 bits per heavy atom. The number of para-hydroxylation sites is 1. The second kappa shape index (κ2) is 8.70. The van der Waals surface area contributed by atoms with Crippen LogP contribution in [0.1, 0.15) is 24.7 Å². The zero-order chi connectivity index (χ0) is 24.7. The predicted octanol–water partition coefficient (Wildman–Crippen LogP) is 2.15. The number of nitrogens with zero attached hydrogens (tertiary/aromatic N) is 3. The molecule has 0 saturated carbocycles. The standard InChI is InChI=1S/C24H22ClN5O5/c1-2-29(12-19-26-17-11-14(25)7-8-15(17)21(32)27-19)20(31)13-30-22(33)24(28-23(30)34)9-10-35-18-6-4-3-5-16(18)24/h3-8,11H,2,9-10,12-13H2,1H3,(H,28,34)(H,26,27,32)/t24-/m1/s1. The Labute approximate surface area is 204 Å². The third-order valence-corrected chi connectivity index (χ3v) is 6.58. The van der Waals surface area contributed by atoms with E-state index in [9.17, 15) is 19.2 Å². The number of aromatic nitrogens is 2. The maximum absolute atomic E-state index is 13.4. The molecule has 0 bridgehead atoms. The van der Waals surface area contributed by atoms with Gasteiger partial charge in [-0.05, 0) is 31.2 Å². The van der Waals surface area contributed by atoms with Gasteiger partial charge in [0.1, 0.15) is 18.1 Å². The summed E-state index contributed by atoms with van der Waals surface area (Å²) in [5, 5.41) is 3.60. The summed E-state index contributed by atoms with van der Waals surface area (Å²) in [4.78, 5) is 61.2. The molecular formula is C24H22ClN5O5. The molecule has 180 valence electrons. The number of nitrogens with one attached hydrogen (secondary N) is 2. The summed E-state index contributed by atoms with van der Waals surface area (Å²) in [6, 6.07) is 11.2. The van der Waals surface area contributed by atoms with E-state index in [4.69, 9.17) is 16.3 Å². The van der Waals surface area contributed by atoms with Gasteiger partial charge in [0.05, 0.1) is 24.1 Å². The van der Waals surface area contributed by atoms with Gasteiger partial charge in [0.15, 0.2) is 5.54 Å². The minimum Gasteiger partial charge on any atom is -0.493 e. The van der Waals surface area contributed by atoms with E-state index in [0.29, 0.717) is 27.2 Å². The number of fused-ring (bicyclic) bond motifs is 3. The van der Waals surface area contributed by atoms with Gasteiger partial charge in [-0.1, -0.05) is 29.8 Å². The van der Waals surface area contributed by atoms with Crippen LogP contribution in [0.2, 0.25) is 5.02 Å². The van der Waals surface area contributed by atoms with Crippen LogP contribution in [0.5, 0.6) is 5.75 Å². The molecule has 2 aliphatic rings. The maximum atomic E-state index is 13.4. The van der Waals surface area contributed by atoms with Crippen LogP contribution < -0.4 is 15.6 Å². The fraction of sp³-hybridized carbons (Fsp3) is 0.292. The molecule has 1 atom stereocenters. The van der Waals surface area contributed by atoms with Gasteiger partial charge in [-0.25, -0.2) is 9.78 Å². The van der Waals surface area contributed by atoms with Gasteiger partial charge < -0.3 is 19.9 Å². The molecule has 35 heavy (non-hydrogen) atoms. The van der Waals surface area contributed by atoms with Crippen LogP contribution in [-0.4, -0.2) is 57.3 Å². The molecule has 1 fully saturated rings. The zero-order valence-corrected chi connectivity index (χ0v) is 19.6. The molecule has 11 heteroatoms. The van der Waals surface area contributed by atoms with Gasteiger partial charge in [0.25, 0.3) is 11.5 Å². The molecule has 1 spiro atoms. The number of imide groups is 1. The van der Waals surface area contributed by atoms with Crippen LogP contribution in [0.4, 0.5) is 4.79 Å². The Hall–Kier alpha value is -3.92. The lowest BCUT2D eigenvalue weighted by Gasteiger charge is -2.33. The van der Waals surface area contributed by atoms with E-state index >= 15 is 0 Å². The van der Waals surface area contributed by atoms with Crippen LogP contribution in [0, 0.1) is 0 Å². The molecule has 2 aromatic carbocycles. The highest BCUT2D eigenvalue weighted by atomic mass is 35.5. The molecular weight excluding hydrogens is 474 g/mol. The summed E-state index contributed by atoms with van der Waals surface area (Å²) in [6.07, 6.45) is 0.265. The lowest BCUT2D eigenvalue weighted by Crippen LogP contribution is -2.48. The number of likely N-dealkylation sites (N-methyl/N-ethyl adjacent to an activating group) is 1. The van der Waals surface area contributed by atoms with E-state index in [1.807, 2.05) is 0 Å². The number of benzene rings is 2. The van der Waals surface area contributed by atoms with E-state index in [-0.39, 0.29) is 37.5 Å². The van der Waals surface area contributed by atoms with Crippen LogP contribution in [0.15, 0.2) is 47.3 Å². The Morgan fingerprint density at radius 1 is 1.23 bits per heavy atom. The van der Waals surface area contributed by atoms with Crippen molar-refractivity contribution in [3.8, 4) is 5.75 Å². The minimum atomic E-state index is -1.26. The summed E-state index contributed by atoms with van der Waals surface area (Å²) in [5.41, 5.74) is -0.620. The van der Waals surface area contributed by atoms with Crippen molar-refractivity contribution in [3.05, 3.63) is 69.2 Å². The van der Waals surface area contributed by atoms with Gasteiger partial charge in [0, 0.05) is 23.6 Å². The van der Waals surface area contributed by atoms with Gasteiger partial charge in [-0.15, -0.1) is 0 Å². The molecule has 10 nitrogen and oxygen atoms in total. The third kappa shape index (κ3) is 3.89. The van der Waals surface area contributed by atoms with E-state index in [0.717, 1.165) is 4.90 Å². The zero-order valence-electron chi connectivity index (χ0n) is 18.8. The number of amides is 4. The van der Waals surface area contributed by atoms with E-state index in [1.165, 1.54) is 4.90 Å². The fourth-order valence-electron chi connectivity index (χ4n) is 4.54. The lowest BCUT2D eigenvalue weighted by atomic mass is 9.84. The molecule has 0 unspecified atom stereocenters. The number of urea groups is 1. The second-order valence-electron chi connectivity index (χ2n) is 8.40. The molecule has 3 aromatic rings. The van der Waals surface area contributed by atoms with Crippen molar-refractivity contribution < 1.29 is 19.1 Å². The molecule has 2 aliphatic heterocycles. The number of carbonyl (C=O) groups excluding carboxylic acids is 3. The van der Waals surface area contributed by atoms with E-state index < -0.39 is 29.9 Å². The van der Waals surface area contributed by atoms with Gasteiger partial charge in [0.2, 0.25) is 5.91 Å². The van der Waals surface area contributed by atoms with Crippen molar-refractivity contribution in [1.82, 2.24) is 25.1 Å². The fourth-order valence-corrected chi connectivity index (χ4v) is 4.71. The third-order valence-electron chi connectivity index (χ3n) is 6.34. The largest absolute Gasteiger partial charge is 0.493 e. The Bertz CT molecular complexity index is 1420. The molecule has 0 radical (unpaired) electrons. The molecule has 3 heterocycles. The highest BCUT2D eigenvalue weighted by molar-refractivity contribution is 6.31. The number of halogens is 1. The van der Waals surface area contributed by atoms with Crippen molar-refractivity contribution in [3.63, 3.8) is 0 Å². The first-order chi connectivity index (χ1) is 16.8. The van der Waals surface area contributed by atoms with Crippen LogP contribution in [0.3, 0.4) is 0 Å². The summed E-state index contributed by atoms with van der Waals surface area (Å²) < 4.78 is 5.64. The van der Waals surface area contributed by atoms with Gasteiger partial charge >= 0.3 is 6.03 Å². The van der Waals surface area contributed by atoms with E-state index in [2.05, 4.69) is 15.3 Å². The molecule has 2 N–H and O–H groups in total. The number of ether oxygens (including phenoxy) is 1. The SMILES string of the molecule is CCN(Cc1nc2cc(Cl)ccc2c(=O)[nH]1)C(=O)CN1C(=O)N[C@@]2(CCOc3ccccc32)C1=O. The van der Waals surface area contributed by atoms with Crippen LogP contribution in [0.25, 0.3) is 10.9 Å². The predicted molar refractivity (Wildman–Crippen MR) is 127 cm³/mol. The first kappa shape index (κ1) is 22.9. The van der Waals surface area contributed by atoms with Gasteiger partial charge in [-0.2, -0.15) is 0 Å². The lowest BCUT2D eigenvalue weighted by molar-refractivity contribution is -0.140. The first-order valence-electron chi connectivity index (χ1n) is 11.1. The number of aromatic amines is 1. The topological polar surface area (TPSA) is 125 Å². The average molecular weight is 496 g/mol. The quantitative estimate of drug-likeness (QED) is 0.522.